The Balaban J connectivity index is 3.21. The number of aromatic nitrogens is 1. The maximum Gasteiger partial charge on any atom is 0.367 e. The second-order valence-corrected chi connectivity index (χ2v) is 2.91. The van der Waals surface area contributed by atoms with Crippen molar-refractivity contribution in [1.82, 2.24) is 4.98 Å². The Morgan fingerprint density at radius 1 is 1.70 bits per heavy atom. The fourth-order valence-corrected chi connectivity index (χ4v) is 0.853. The third-order valence-corrected chi connectivity index (χ3v) is 1.51. The summed E-state index contributed by atoms with van der Waals surface area (Å²) in [6.45, 7) is 1.43. The second kappa shape index (κ2) is 2.05. The van der Waals surface area contributed by atoms with Crippen LogP contribution in [0, 0.1) is 6.92 Å². The minimum atomic E-state index is -4.71. The molecule has 10 heavy (non-hydrogen) atoms. The van der Waals surface area contributed by atoms with Crippen molar-refractivity contribution < 1.29 is 16.7 Å². The summed E-state index contributed by atoms with van der Waals surface area (Å²) in [7, 11) is -4.71. The van der Waals surface area contributed by atoms with E-state index in [2.05, 4.69) is 9.40 Å². The van der Waals surface area contributed by atoms with Crippen LogP contribution < -0.4 is 0 Å². The van der Waals surface area contributed by atoms with E-state index in [1.807, 2.05) is 0 Å². The molecule has 0 saturated heterocycles. The zero-order valence-corrected chi connectivity index (χ0v) is 5.85. The van der Waals surface area contributed by atoms with Crippen molar-refractivity contribution in [2.24, 2.45) is 0 Å². The first-order valence-electron chi connectivity index (χ1n) is 2.37. The van der Waals surface area contributed by atoms with Gasteiger partial charge in [-0.3, -0.25) is 0 Å². The lowest BCUT2D eigenvalue weighted by molar-refractivity contribution is 0.411. The topological polar surface area (TPSA) is 60.2 Å². The third kappa shape index (κ3) is 1.32. The molecule has 0 atom stereocenters. The summed E-state index contributed by atoms with van der Waals surface area (Å²) in [5.74, 6) is 0.122. The Hall–Kier alpha value is -0.910. The molecule has 4 nitrogen and oxygen atoms in total. The zero-order valence-electron chi connectivity index (χ0n) is 5.04. The molecule has 56 valence electrons. The normalized spacial score (nSPS) is 11.8. The quantitative estimate of drug-likeness (QED) is 0.573. The first-order valence-corrected chi connectivity index (χ1v) is 3.75. The van der Waals surface area contributed by atoms with Crippen LogP contribution in [0.5, 0.6) is 0 Å². The van der Waals surface area contributed by atoms with Gasteiger partial charge in [-0.15, -0.1) is 0 Å². The van der Waals surface area contributed by atoms with Crippen molar-refractivity contribution in [3.63, 3.8) is 0 Å². The summed E-state index contributed by atoms with van der Waals surface area (Å²) >= 11 is 0. The highest BCUT2D eigenvalue weighted by atomic mass is 32.3. The molecule has 6 heteroatoms. The second-order valence-electron chi connectivity index (χ2n) is 1.64. The largest absolute Gasteiger partial charge is 0.427 e. The number of aryl methyl sites for hydroxylation is 1. The molecule has 0 aromatic carbocycles. The maximum absolute atomic E-state index is 12.0. The highest BCUT2D eigenvalue weighted by Crippen LogP contribution is 2.11. The number of hydrogen-bond acceptors (Lipinski definition) is 4. The number of nitrogens with zero attached hydrogens (tertiary/aromatic N) is 1. The maximum atomic E-state index is 12.0. The molecule has 1 aromatic heterocycles. The molecule has 0 radical (unpaired) electrons. The Morgan fingerprint density at radius 3 is 2.50 bits per heavy atom. The number of rotatable bonds is 1. The van der Waals surface area contributed by atoms with Gasteiger partial charge in [0.15, 0.2) is 5.89 Å². The highest BCUT2D eigenvalue weighted by Gasteiger charge is 2.16. The van der Waals surface area contributed by atoms with Crippen LogP contribution in [-0.4, -0.2) is 13.4 Å². The van der Waals surface area contributed by atoms with Crippen molar-refractivity contribution in [3.05, 3.63) is 12.1 Å². The lowest BCUT2D eigenvalue weighted by atomic mass is 10.8. The van der Waals surface area contributed by atoms with E-state index < -0.39 is 15.3 Å². The van der Waals surface area contributed by atoms with E-state index in [1.165, 1.54) is 6.92 Å². The van der Waals surface area contributed by atoms with Gasteiger partial charge in [-0.05, 0) is 0 Å². The first-order chi connectivity index (χ1) is 4.50. The zero-order chi connectivity index (χ0) is 7.78. The molecule has 1 rings (SSSR count). The highest BCUT2D eigenvalue weighted by molar-refractivity contribution is 7.86. The Morgan fingerprint density at radius 2 is 2.30 bits per heavy atom. The van der Waals surface area contributed by atoms with E-state index in [0.29, 0.717) is 0 Å². The van der Waals surface area contributed by atoms with E-state index in [4.69, 9.17) is 0 Å². The Kier molecular flexibility index (Phi) is 1.47. The van der Waals surface area contributed by atoms with Gasteiger partial charge in [0.2, 0.25) is 0 Å². The van der Waals surface area contributed by atoms with Crippen LogP contribution in [0.25, 0.3) is 0 Å². The van der Waals surface area contributed by atoms with Crippen LogP contribution >= 0.6 is 0 Å². The standard InChI is InChI=1S/C4H4FNO3S/c1-3-6-2-4(9-3)10(5,7)8/h2H,1H3. The number of oxazole rings is 1. The van der Waals surface area contributed by atoms with Crippen LogP contribution in [0.4, 0.5) is 3.89 Å². The van der Waals surface area contributed by atoms with Crippen molar-refractivity contribution in [2.75, 3.05) is 0 Å². The van der Waals surface area contributed by atoms with Crippen molar-refractivity contribution in [2.45, 2.75) is 12.0 Å². The van der Waals surface area contributed by atoms with E-state index in [-0.39, 0.29) is 5.89 Å². The monoisotopic (exact) mass is 165 g/mol. The fraction of sp³-hybridized carbons (Fsp3) is 0.250. The molecule has 0 fully saturated rings. The van der Waals surface area contributed by atoms with Gasteiger partial charge in [0, 0.05) is 6.92 Å². The molecule has 0 unspecified atom stereocenters. The predicted octanol–water partition coefficient (Wildman–Crippen LogP) is 0.641. The molecule has 0 aliphatic rings. The van der Waals surface area contributed by atoms with Gasteiger partial charge >= 0.3 is 10.2 Å². The molecular formula is C4H4FNO3S. The summed E-state index contributed by atoms with van der Waals surface area (Å²) in [6.07, 6.45) is 0.824. The van der Waals surface area contributed by atoms with Gasteiger partial charge in [0.1, 0.15) is 0 Å². The van der Waals surface area contributed by atoms with Gasteiger partial charge < -0.3 is 4.42 Å². The molecule has 0 N–H and O–H groups in total. The van der Waals surface area contributed by atoms with Crippen LogP contribution in [-0.2, 0) is 10.2 Å². The molecular weight excluding hydrogens is 161 g/mol. The van der Waals surface area contributed by atoms with Crippen molar-refractivity contribution in [3.8, 4) is 0 Å². The van der Waals surface area contributed by atoms with Crippen LogP contribution in [0.2, 0.25) is 0 Å². The summed E-state index contributed by atoms with van der Waals surface area (Å²) in [5, 5.41) is -0.745. The van der Waals surface area contributed by atoms with Gasteiger partial charge in [-0.2, -0.15) is 8.42 Å². The Bertz CT molecular complexity index is 328. The SMILES string of the molecule is Cc1ncc(S(=O)(=O)F)o1. The molecule has 0 saturated carbocycles. The van der Waals surface area contributed by atoms with E-state index >= 15 is 0 Å². The van der Waals surface area contributed by atoms with E-state index in [9.17, 15) is 12.3 Å². The molecule has 1 heterocycles. The molecule has 0 aliphatic carbocycles. The fourth-order valence-electron chi connectivity index (χ4n) is 0.455. The average molecular weight is 165 g/mol. The molecule has 0 bridgehead atoms. The number of hydrogen-bond donors (Lipinski definition) is 0. The molecule has 0 amide bonds. The lowest BCUT2D eigenvalue weighted by Gasteiger charge is -1.81. The van der Waals surface area contributed by atoms with Crippen LogP contribution in [0.3, 0.4) is 0 Å². The molecule has 1 aromatic rings. The summed E-state index contributed by atoms with van der Waals surface area (Å²) < 4.78 is 36.4. The summed E-state index contributed by atoms with van der Waals surface area (Å²) in [6, 6.07) is 0. The minimum Gasteiger partial charge on any atom is -0.427 e. The molecule has 0 aliphatic heterocycles. The van der Waals surface area contributed by atoms with Crippen molar-refractivity contribution in [1.29, 1.82) is 0 Å². The minimum absolute atomic E-state index is 0.122. The third-order valence-electron chi connectivity index (χ3n) is 0.840. The van der Waals surface area contributed by atoms with Gasteiger partial charge in [-0.1, -0.05) is 3.89 Å². The first kappa shape index (κ1) is 7.20. The van der Waals surface area contributed by atoms with Gasteiger partial charge in [0.25, 0.3) is 5.09 Å². The summed E-state index contributed by atoms with van der Waals surface area (Å²) in [5.41, 5.74) is 0. The van der Waals surface area contributed by atoms with E-state index in [0.717, 1.165) is 6.20 Å². The van der Waals surface area contributed by atoms with Crippen LogP contribution in [0.1, 0.15) is 5.89 Å². The van der Waals surface area contributed by atoms with Gasteiger partial charge in [0.05, 0.1) is 6.20 Å². The average Bonchev–Trinajstić information content (AvgIpc) is 2.11. The smallest absolute Gasteiger partial charge is 0.367 e. The van der Waals surface area contributed by atoms with E-state index in [1.54, 1.807) is 0 Å². The lowest BCUT2D eigenvalue weighted by Crippen LogP contribution is -1.87. The van der Waals surface area contributed by atoms with Gasteiger partial charge in [-0.25, -0.2) is 4.98 Å². The Labute approximate surface area is 56.9 Å². The van der Waals surface area contributed by atoms with Crippen molar-refractivity contribution >= 4 is 10.2 Å². The molecule has 0 spiro atoms. The number of halogens is 1. The summed E-state index contributed by atoms with van der Waals surface area (Å²) in [4.78, 5) is 3.40. The van der Waals surface area contributed by atoms with Crippen LogP contribution in [0.15, 0.2) is 15.7 Å². The predicted molar refractivity (Wildman–Crippen MR) is 29.5 cm³/mol.